The zero-order valence-electron chi connectivity index (χ0n) is 17.6. The number of hydrogen-bond acceptors (Lipinski definition) is 6. The van der Waals surface area contributed by atoms with Crippen LogP contribution in [0.15, 0.2) is 52.9 Å². The molecular weight excluding hydrogens is 464 g/mol. The van der Waals surface area contributed by atoms with Crippen molar-refractivity contribution in [1.82, 2.24) is 10.6 Å². The molecule has 3 N–H and O–H groups in total. The summed E-state index contributed by atoms with van der Waals surface area (Å²) in [6.07, 6.45) is 8.46. The van der Waals surface area contributed by atoms with Crippen molar-refractivity contribution in [2.45, 2.75) is 32.5 Å². The summed E-state index contributed by atoms with van der Waals surface area (Å²) in [7, 11) is 0. The molecule has 1 aliphatic heterocycles. The lowest BCUT2D eigenvalue weighted by Gasteiger charge is -2.31. The lowest BCUT2D eigenvalue weighted by atomic mass is 9.95. The van der Waals surface area contributed by atoms with E-state index >= 15 is 0 Å². The third-order valence-electron chi connectivity index (χ3n) is 4.86. The van der Waals surface area contributed by atoms with E-state index in [9.17, 15) is 14.7 Å². The molecule has 0 spiro atoms. The van der Waals surface area contributed by atoms with E-state index in [4.69, 9.17) is 9.47 Å². The predicted molar refractivity (Wildman–Crippen MR) is 121 cm³/mol. The van der Waals surface area contributed by atoms with Crippen molar-refractivity contribution in [3.05, 3.63) is 64.0 Å². The minimum absolute atomic E-state index is 0.0792. The van der Waals surface area contributed by atoms with Gasteiger partial charge in [-0.2, -0.15) is 0 Å². The minimum atomic E-state index is -1.56. The number of halogens is 1. The summed E-state index contributed by atoms with van der Waals surface area (Å²) in [5.74, 6) is -2.13. The van der Waals surface area contributed by atoms with Crippen molar-refractivity contribution in [3.8, 4) is 0 Å². The van der Waals surface area contributed by atoms with E-state index in [1.54, 1.807) is 30.5 Å². The highest BCUT2D eigenvalue weighted by Gasteiger charge is 2.35. The van der Waals surface area contributed by atoms with E-state index in [2.05, 4.69) is 26.6 Å². The molecule has 166 valence electrons. The highest BCUT2D eigenvalue weighted by Crippen LogP contribution is 2.30. The molecule has 8 heteroatoms. The average molecular weight is 491 g/mol. The smallest absolute Gasteiger partial charge is 0.260 e. The van der Waals surface area contributed by atoms with Gasteiger partial charge in [-0.15, -0.1) is 0 Å². The molecule has 1 aromatic rings. The van der Waals surface area contributed by atoms with Crippen LogP contribution in [0.3, 0.4) is 0 Å². The summed E-state index contributed by atoms with van der Waals surface area (Å²) in [6.45, 7) is 5.31. The highest BCUT2D eigenvalue weighted by atomic mass is 79.9. The Kier molecular flexibility index (Phi) is 7.69. The van der Waals surface area contributed by atoms with Crippen LogP contribution in [0.25, 0.3) is 5.57 Å². The van der Waals surface area contributed by atoms with Crippen LogP contribution in [0.1, 0.15) is 42.6 Å². The maximum atomic E-state index is 12.4. The first-order chi connectivity index (χ1) is 14.9. The molecule has 0 aromatic heterocycles. The molecule has 2 aliphatic rings. The first-order valence-corrected chi connectivity index (χ1v) is 11.2. The molecule has 0 fully saturated rings. The van der Waals surface area contributed by atoms with Gasteiger partial charge in [0.05, 0.1) is 18.8 Å². The SMILES string of the molecule is CCCOC1=CC(CN/C=C2\C(=O)NC(=O)c3ccc(Br)cc32)C=CC1(O)OCCC. The summed E-state index contributed by atoms with van der Waals surface area (Å²) in [5, 5.41) is 16.3. The van der Waals surface area contributed by atoms with Gasteiger partial charge in [0.25, 0.3) is 11.8 Å². The Balaban J connectivity index is 1.74. The van der Waals surface area contributed by atoms with Crippen LogP contribution in [-0.2, 0) is 14.3 Å². The summed E-state index contributed by atoms with van der Waals surface area (Å²) in [4.78, 5) is 24.4. The van der Waals surface area contributed by atoms with Gasteiger partial charge in [0.15, 0.2) is 5.76 Å². The van der Waals surface area contributed by atoms with E-state index in [1.165, 1.54) is 0 Å². The van der Waals surface area contributed by atoms with Crippen molar-refractivity contribution >= 4 is 33.3 Å². The van der Waals surface area contributed by atoms with E-state index in [0.29, 0.717) is 42.2 Å². The third kappa shape index (κ3) is 5.44. The van der Waals surface area contributed by atoms with Gasteiger partial charge in [-0.1, -0.05) is 35.9 Å². The average Bonchev–Trinajstić information content (AvgIpc) is 2.74. The number of hydrogen-bond donors (Lipinski definition) is 3. The Morgan fingerprint density at radius 1 is 1.19 bits per heavy atom. The van der Waals surface area contributed by atoms with Crippen LogP contribution in [-0.4, -0.2) is 42.5 Å². The Bertz CT molecular complexity index is 940. The van der Waals surface area contributed by atoms with Gasteiger partial charge in [-0.3, -0.25) is 14.9 Å². The lowest BCUT2D eigenvalue weighted by Crippen LogP contribution is -2.38. The summed E-state index contributed by atoms with van der Waals surface area (Å²) in [5.41, 5.74) is 1.39. The maximum Gasteiger partial charge on any atom is 0.260 e. The number of benzene rings is 1. The molecule has 31 heavy (non-hydrogen) atoms. The Morgan fingerprint density at radius 2 is 1.97 bits per heavy atom. The molecule has 1 aliphatic carbocycles. The third-order valence-corrected chi connectivity index (χ3v) is 5.36. The summed E-state index contributed by atoms with van der Waals surface area (Å²) in [6, 6.07) is 5.19. The first-order valence-electron chi connectivity index (χ1n) is 10.4. The van der Waals surface area contributed by atoms with Gasteiger partial charge >= 0.3 is 0 Å². The Labute approximate surface area is 190 Å². The minimum Gasteiger partial charge on any atom is -0.492 e. The maximum absolute atomic E-state index is 12.4. The zero-order valence-corrected chi connectivity index (χ0v) is 19.2. The van der Waals surface area contributed by atoms with Crippen LogP contribution in [0.2, 0.25) is 0 Å². The number of amides is 2. The van der Waals surface area contributed by atoms with Gasteiger partial charge < -0.3 is 19.9 Å². The Hall–Kier alpha value is -2.42. The van der Waals surface area contributed by atoms with E-state index in [1.807, 2.05) is 26.0 Å². The van der Waals surface area contributed by atoms with Crippen LogP contribution >= 0.6 is 15.9 Å². The number of carbonyl (C=O) groups is 2. The Morgan fingerprint density at radius 3 is 2.71 bits per heavy atom. The summed E-state index contributed by atoms with van der Waals surface area (Å²) >= 11 is 3.39. The normalized spacial score (nSPS) is 23.9. The van der Waals surface area contributed by atoms with Crippen LogP contribution < -0.4 is 10.6 Å². The second kappa shape index (κ2) is 10.3. The van der Waals surface area contributed by atoms with Gasteiger partial charge in [0.1, 0.15) is 0 Å². The van der Waals surface area contributed by atoms with Crippen LogP contribution in [0.5, 0.6) is 0 Å². The molecule has 2 amide bonds. The predicted octanol–water partition coefficient (Wildman–Crippen LogP) is 3.26. The number of imide groups is 1. The van der Waals surface area contributed by atoms with Gasteiger partial charge in [0.2, 0.25) is 5.79 Å². The fourth-order valence-corrected chi connectivity index (χ4v) is 3.67. The molecular formula is C23H27BrN2O5. The fourth-order valence-electron chi connectivity index (χ4n) is 3.31. The van der Waals surface area contributed by atoms with Crippen LogP contribution in [0, 0.1) is 5.92 Å². The van der Waals surface area contributed by atoms with Crippen molar-refractivity contribution < 1.29 is 24.2 Å². The second-order valence-electron chi connectivity index (χ2n) is 7.39. The first kappa shape index (κ1) is 23.2. The number of carbonyl (C=O) groups excluding carboxylic acids is 2. The molecule has 0 bridgehead atoms. The zero-order chi connectivity index (χ0) is 22.4. The van der Waals surface area contributed by atoms with Crippen molar-refractivity contribution in [2.24, 2.45) is 5.92 Å². The topological polar surface area (TPSA) is 96.9 Å². The molecule has 7 nitrogen and oxygen atoms in total. The second-order valence-corrected chi connectivity index (χ2v) is 8.30. The van der Waals surface area contributed by atoms with Crippen molar-refractivity contribution in [3.63, 3.8) is 0 Å². The van der Waals surface area contributed by atoms with Gasteiger partial charge in [0, 0.05) is 34.3 Å². The number of ether oxygens (including phenoxy) is 2. The van der Waals surface area contributed by atoms with E-state index < -0.39 is 17.6 Å². The van der Waals surface area contributed by atoms with E-state index in [0.717, 1.165) is 17.3 Å². The summed E-state index contributed by atoms with van der Waals surface area (Å²) < 4.78 is 12.1. The quantitative estimate of drug-likeness (QED) is 0.213. The number of nitrogens with one attached hydrogen (secondary N) is 2. The van der Waals surface area contributed by atoms with Gasteiger partial charge in [-0.05, 0) is 43.2 Å². The molecule has 2 unspecified atom stereocenters. The standard InChI is InChI=1S/C23H27BrN2O5/c1-3-9-30-20-11-15(7-8-23(20,29)31-10-4-2)13-25-14-19-18-12-16(24)5-6-17(18)21(27)26-22(19)28/h5-8,11-12,14-15,25,29H,3-4,9-10,13H2,1-2H3,(H,26,27,28)/b19-14-. The molecule has 1 aromatic carbocycles. The van der Waals surface area contributed by atoms with Crippen molar-refractivity contribution in [2.75, 3.05) is 19.8 Å². The van der Waals surface area contributed by atoms with Crippen LogP contribution in [0.4, 0.5) is 0 Å². The lowest BCUT2D eigenvalue weighted by molar-refractivity contribution is -0.167. The monoisotopic (exact) mass is 490 g/mol. The molecule has 1 heterocycles. The molecule has 3 rings (SSSR count). The molecule has 0 saturated carbocycles. The number of fused-ring (bicyclic) bond motifs is 1. The number of rotatable bonds is 9. The number of aliphatic hydroxyl groups is 1. The highest BCUT2D eigenvalue weighted by molar-refractivity contribution is 9.10. The largest absolute Gasteiger partial charge is 0.492 e. The van der Waals surface area contributed by atoms with Gasteiger partial charge in [-0.25, -0.2) is 0 Å². The molecule has 0 radical (unpaired) electrons. The van der Waals surface area contributed by atoms with Crippen molar-refractivity contribution in [1.29, 1.82) is 0 Å². The molecule has 2 atom stereocenters. The fraction of sp³-hybridized carbons (Fsp3) is 0.391. The van der Waals surface area contributed by atoms with E-state index in [-0.39, 0.29) is 5.92 Å². The molecule has 0 saturated heterocycles.